The van der Waals surface area contributed by atoms with Gasteiger partial charge in [0.2, 0.25) is 29.5 Å². The fraction of sp³-hybridized carbons (Fsp3) is 0.471. The van der Waals surface area contributed by atoms with Crippen molar-refractivity contribution in [3.63, 3.8) is 0 Å². The standard InChI is InChI=1S/C17H26N8O7/c18-9(4-13(20)27)15(29)25-11(3-8-5-21-7-23-8)16(30)22-6-14(28)24-10(17(31)32)1-2-12(19)26/h5,7,9-11H,1-4,6,18H2,(H2,19,26)(H2,20,27)(H,21,23)(H,22,30)(H,24,28)(H,25,29)(H,31,32). The molecule has 0 aromatic carbocycles. The number of amides is 5. The molecule has 0 aliphatic heterocycles. The van der Waals surface area contributed by atoms with E-state index in [4.69, 9.17) is 22.3 Å². The lowest BCUT2D eigenvalue weighted by molar-refractivity contribution is -0.142. The highest BCUT2D eigenvalue weighted by Crippen LogP contribution is 2.01. The molecular weight excluding hydrogens is 428 g/mol. The Labute approximate surface area is 181 Å². The zero-order valence-electron chi connectivity index (χ0n) is 17.0. The molecule has 0 aliphatic rings. The molecule has 11 N–H and O–H groups in total. The van der Waals surface area contributed by atoms with E-state index in [9.17, 15) is 28.8 Å². The highest BCUT2D eigenvalue weighted by atomic mass is 16.4. The van der Waals surface area contributed by atoms with Crippen LogP contribution < -0.4 is 33.2 Å². The highest BCUT2D eigenvalue weighted by molar-refractivity contribution is 5.94. The summed E-state index contributed by atoms with van der Waals surface area (Å²) in [4.78, 5) is 76.2. The summed E-state index contributed by atoms with van der Waals surface area (Å²) < 4.78 is 0. The summed E-state index contributed by atoms with van der Waals surface area (Å²) in [6, 6.07) is -3.85. The second kappa shape index (κ2) is 12.6. The number of aliphatic carboxylic acids is 1. The normalized spacial score (nSPS) is 13.3. The number of nitrogens with zero attached hydrogens (tertiary/aromatic N) is 1. The lowest BCUT2D eigenvalue weighted by atomic mass is 10.1. The van der Waals surface area contributed by atoms with Crippen molar-refractivity contribution >= 4 is 35.5 Å². The van der Waals surface area contributed by atoms with Crippen LogP contribution in [0.15, 0.2) is 12.5 Å². The van der Waals surface area contributed by atoms with Gasteiger partial charge in [0.15, 0.2) is 0 Å². The zero-order chi connectivity index (χ0) is 24.3. The van der Waals surface area contributed by atoms with Gasteiger partial charge in [0.05, 0.1) is 25.3 Å². The van der Waals surface area contributed by atoms with E-state index in [-0.39, 0.29) is 19.3 Å². The van der Waals surface area contributed by atoms with Crippen molar-refractivity contribution in [3.8, 4) is 0 Å². The van der Waals surface area contributed by atoms with E-state index in [0.29, 0.717) is 5.69 Å². The van der Waals surface area contributed by atoms with Crippen molar-refractivity contribution in [2.75, 3.05) is 6.54 Å². The molecule has 0 saturated heterocycles. The number of carboxylic acids is 1. The summed E-state index contributed by atoms with van der Waals surface area (Å²) in [5.41, 5.74) is 16.0. The Hall–Kier alpha value is -4.01. The molecule has 1 heterocycles. The third kappa shape index (κ3) is 9.66. The third-order valence-corrected chi connectivity index (χ3v) is 4.11. The topological polar surface area (TPSA) is 265 Å². The summed E-state index contributed by atoms with van der Waals surface area (Å²) in [6.07, 6.45) is 1.82. The second-order valence-electron chi connectivity index (χ2n) is 6.80. The van der Waals surface area contributed by atoms with Gasteiger partial charge in [-0.2, -0.15) is 0 Å². The molecule has 3 atom stereocenters. The number of H-pyrrole nitrogens is 1. The van der Waals surface area contributed by atoms with Gasteiger partial charge in [-0.05, 0) is 6.42 Å². The minimum absolute atomic E-state index is 0.0428. The van der Waals surface area contributed by atoms with Crippen LogP contribution in [0.3, 0.4) is 0 Å². The maximum Gasteiger partial charge on any atom is 0.326 e. The van der Waals surface area contributed by atoms with Gasteiger partial charge in [-0.15, -0.1) is 0 Å². The smallest absolute Gasteiger partial charge is 0.326 e. The van der Waals surface area contributed by atoms with E-state index in [2.05, 4.69) is 25.9 Å². The number of hydrogen-bond acceptors (Lipinski definition) is 8. The van der Waals surface area contributed by atoms with Crippen LogP contribution in [0.2, 0.25) is 0 Å². The number of aromatic nitrogens is 2. The lowest BCUT2D eigenvalue weighted by Crippen LogP contribution is -2.54. The quantitative estimate of drug-likeness (QED) is 0.135. The summed E-state index contributed by atoms with van der Waals surface area (Å²) in [6.45, 7) is -0.609. The number of aromatic amines is 1. The van der Waals surface area contributed by atoms with E-state index >= 15 is 0 Å². The Morgan fingerprint density at radius 1 is 1.03 bits per heavy atom. The molecule has 0 bridgehead atoms. The first-order valence-electron chi connectivity index (χ1n) is 9.39. The number of rotatable bonds is 14. The molecule has 15 heteroatoms. The van der Waals surface area contributed by atoms with Crippen molar-refractivity contribution in [2.24, 2.45) is 17.2 Å². The average molecular weight is 454 g/mol. The first-order valence-corrected chi connectivity index (χ1v) is 9.39. The van der Waals surface area contributed by atoms with Crippen LogP contribution in [0.1, 0.15) is 25.0 Å². The van der Waals surface area contributed by atoms with Crippen LogP contribution >= 0.6 is 0 Å². The van der Waals surface area contributed by atoms with Gasteiger partial charge < -0.3 is 43.2 Å². The van der Waals surface area contributed by atoms with Gasteiger partial charge in [0.25, 0.3) is 0 Å². The summed E-state index contributed by atoms with van der Waals surface area (Å²) in [7, 11) is 0. The molecule has 3 unspecified atom stereocenters. The van der Waals surface area contributed by atoms with Crippen LogP contribution in [0.5, 0.6) is 0 Å². The van der Waals surface area contributed by atoms with Crippen molar-refractivity contribution < 1.29 is 33.9 Å². The number of imidazole rings is 1. The Bertz CT molecular complexity index is 842. The zero-order valence-corrected chi connectivity index (χ0v) is 17.0. The number of hydrogen-bond donors (Lipinski definition) is 8. The van der Waals surface area contributed by atoms with Gasteiger partial charge >= 0.3 is 5.97 Å². The van der Waals surface area contributed by atoms with Crippen LogP contribution in [0, 0.1) is 0 Å². The molecular formula is C17H26N8O7. The number of primary amides is 2. The summed E-state index contributed by atoms with van der Waals surface area (Å²) in [5.74, 6) is -5.34. The van der Waals surface area contributed by atoms with E-state index in [0.717, 1.165) is 0 Å². The predicted octanol–water partition coefficient (Wildman–Crippen LogP) is -4.41. The summed E-state index contributed by atoms with van der Waals surface area (Å²) in [5, 5.41) is 15.9. The van der Waals surface area contributed by atoms with Gasteiger partial charge in [-0.25, -0.2) is 9.78 Å². The van der Waals surface area contributed by atoms with Gasteiger partial charge in [0.1, 0.15) is 12.1 Å². The van der Waals surface area contributed by atoms with Crippen molar-refractivity contribution in [1.29, 1.82) is 0 Å². The molecule has 1 rings (SSSR count). The second-order valence-corrected chi connectivity index (χ2v) is 6.80. The Balaban J connectivity index is 2.72. The maximum absolute atomic E-state index is 12.5. The first-order chi connectivity index (χ1) is 15.0. The van der Waals surface area contributed by atoms with E-state index in [1.807, 2.05) is 0 Å². The molecule has 0 radical (unpaired) electrons. The predicted molar refractivity (Wildman–Crippen MR) is 107 cm³/mol. The van der Waals surface area contributed by atoms with Crippen molar-refractivity contribution in [3.05, 3.63) is 18.2 Å². The van der Waals surface area contributed by atoms with E-state index < -0.39 is 66.6 Å². The minimum atomic E-state index is -1.38. The van der Waals surface area contributed by atoms with Crippen molar-refractivity contribution in [2.45, 2.75) is 43.8 Å². The maximum atomic E-state index is 12.5. The first kappa shape index (κ1) is 26.0. The molecule has 1 aromatic heterocycles. The van der Waals surface area contributed by atoms with E-state index in [1.165, 1.54) is 12.5 Å². The van der Waals surface area contributed by atoms with Crippen LogP contribution in [0.4, 0.5) is 0 Å². The van der Waals surface area contributed by atoms with Gasteiger partial charge in [0, 0.05) is 24.7 Å². The number of carbonyl (C=O) groups excluding carboxylic acids is 5. The molecule has 0 spiro atoms. The Morgan fingerprint density at radius 3 is 2.25 bits per heavy atom. The number of nitrogens with one attached hydrogen (secondary N) is 4. The minimum Gasteiger partial charge on any atom is -0.480 e. The molecule has 0 aliphatic carbocycles. The third-order valence-electron chi connectivity index (χ3n) is 4.11. The van der Waals surface area contributed by atoms with Crippen LogP contribution in [-0.4, -0.2) is 75.2 Å². The molecule has 32 heavy (non-hydrogen) atoms. The molecule has 5 amide bonds. The van der Waals surface area contributed by atoms with Crippen LogP contribution in [0.25, 0.3) is 0 Å². The SMILES string of the molecule is NC(=O)CCC(NC(=O)CNC(=O)C(Cc1cnc[nH]1)NC(=O)C(N)CC(N)=O)C(=O)O. The van der Waals surface area contributed by atoms with Crippen LogP contribution in [-0.2, 0) is 35.2 Å². The number of carboxylic acid groups (broad SMARTS) is 1. The molecule has 15 nitrogen and oxygen atoms in total. The van der Waals surface area contributed by atoms with Gasteiger partial charge in [-0.1, -0.05) is 0 Å². The van der Waals surface area contributed by atoms with E-state index in [1.54, 1.807) is 0 Å². The lowest BCUT2D eigenvalue weighted by Gasteiger charge is -2.20. The summed E-state index contributed by atoms with van der Waals surface area (Å²) >= 11 is 0. The fourth-order valence-corrected chi connectivity index (χ4v) is 2.49. The average Bonchev–Trinajstić information content (AvgIpc) is 3.20. The highest BCUT2D eigenvalue weighted by Gasteiger charge is 2.26. The van der Waals surface area contributed by atoms with Gasteiger partial charge in [-0.3, -0.25) is 24.0 Å². The monoisotopic (exact) mass is 454 g/mol. The molecule has 176 valence electrons. The van der Waals surface area contributed by atoms with Crippen molar-refractivity contribution in [1.82, 2.24) is 25.9 Å². The molecule has 0 fully saturated rings. The molecule has 1 aromatic rings. The number of carbonyl (C=O) groups is 6. The number of nitrogens with two attached hydrogens (primary N) is 3. The fourth-order valence-electron chi connectivity index (χ4n) is 2.49. The Morgan fingerprint density at radius 2 is 1.72 bits per heavy atom. The molecule has 0 saturated carbocycles. The Kier molecular flexibility index (Phi) is 10.3. The largest absolute Gasteiger partial charge is 0.480 e.